The minimum atomic E-state index is 0.0784. The van der Waals surface area contributed by atoms with Gasteiger partial charge in [0.2, 0.25) is 0 Å². The molecule has 4 heteroatoms. The smallest absolute Gasteiger partial charge is 0.195 e. The Morgan fingerprint density at radius 2 is 2.33 bits per heavy atom. The van der Waals surface area contributed by atoms with Crippen molar-refractivity contribution in [3.05, 3.63) is 35.4 Å². The number of hydrogen-bond acceptors (Lipinski definition) is 2. The number of nitrogens with zero attached hydrogens (tertiary/aromatic N) is 2. The van der Waals surface area contributed by atoms with E-state index in [0.717, 1.165) is 25.6 Å². The molecule has 4 nitrogen and oxygen atoms in total. The van der Waals surface area contributed by atoms with Gasteiger partial charge in [-0.05, 0) is 25.0 Å². The molecule has 0 aliphatic carbocycles. The highest BCUT2D eigenvalue weighted by atomic mass is 16.5. The fraction of sp³-hybridized carbons (Fsp3) is 0.471. The molecule has 0 aromatic heterocycles. The van der Waals surface area contributed by atoms with Crippen LogP contribution in [0, 0.1) is 19.3 Å². The van der Waals surface area contributed by atoms with Crippen LogP contribution in [-0.4, -0.2) is 43.6 Å². The lowest BCUT2D eigenvalue weighted by Crippen LogP contribution is -2.48. The fourth-order valence-electron chi connectivity index (χ4n) is 2.52. The highest BCUT2D eigenvalue weighted by Gasteiger charge is 2.24. The van der Waals surface area contributed by atoms with Crippen molar-refractivity contribution in [2.45, 2.75) is 20.0 Å². The van der Waals surface area contributed by atoms with E-state index in [9.17, 15) is 0 Å². The maximum Gasteiger partial charge on any atom is 0.195 e. The van der Waals surface area contributed by atoms with Gasteiger partial charge >= 0.3 is 0 Å². The number of morpholine rings is 1. The van der Waals surface area contributed by atoms with Crippen LogP contribution in [0.25, 0.3) is 0 Å². The molecular weight excluding hydrogens is 262 g/mol. The largest absolute Gasteiger partial charge is 0.370 e. The molecule has 0 saturated carbocycles. The van der Waals surface area contributed by atoms with Crippen molar-refractivity contribution in [1.29, 1.82) is 0 Å². The molecule has 1 unspecified atom stereocenters. The molecule has 1 aliphatic heterocycles. The molecule has 0 amide bonds. The maximum atomic E-state index is 5.94. The molecule has 1 fully saturated rings. The zero-order valence-corrected chi connectivity index (χ0v) is 12.8. The van der Waals surface area contributed by atoms with Crippen molar-refractivity contribution in [2.75, 3.05) is 32.8 Å². The summed E-state index contributed by atoms with van der Waals surface area (Å²) in [5.74, 6) is 3.43. The first-order valence-electron chi connectivity index (χ1n) is 7.40. The minimum absolute atomic E-state index is 0.0784. The van der Waals surface area contributed by atoms with Crippen molar-refractivity contribution in [3.8, 4) is 12.3 Å². The van der Waals surface area contributed by atoms with Crippen LogP contribution in [0.1, 0.15) is 24.2 Å². The number of hydrogen-bond donors (Lipinski definition) is 1. The summed E-state index contributed by atoms with van der Waals surface area (Å²) in [7, 11) is 0. The van der Waals surface area contributed by atoms with Gasteiger partial charge in [-0.3, -0.25) is 0 Å². The van der Waals surface area contributed by atoms with Crippen LogP contribution in [0.4, 0.5) is 0 Å². The van der Waals surface area contributed by atoms with Gasteiger partial charge in [0.25, 0.3) is 0 Å². The molecule has 1 aliphatic rings. The Labute approximate surface area is 127 Å². The monoisotopic (exact) mass is 285 g/mol. The summed E-state index contributed by atoms with van der Waals surface area (Å²) in [6.07, 6.45) is 5.39. The summed E-state index contributed by atoms with van der Waals surface area (Å²) >= 11 is 0. The number of benzene rings is 1. The van der Waals surface area contributed by atoms with E-state index in [1.54, 1.807) is 0 Å². The molecule has 112 valence electrons. The number of nitrogens with one attached hydrogen (secondary N) is 1. The second-order valence-electron chi connectivity index (χ2n) is 5.04. The maximum absolute atomic E-state index is 5.94. The molecule has 21 heavy (non-hydrogen) atoms. The summed E-state index contributed by atoms with van der Waals surface area (Å²) in [5, 5.41) is 3.30. The van der Waals surface area contributed by atoms with E-state index in [0.29, 0.717) is 13.2 Å². The van der Waals surface area contributed by atoms with Crippen molar-refractivity contribution < 1.29 is 4.74 Å². The minimum Gasteiger partial charge on any atom is -0.370 e. The third-order valence-electron chi connectivity index (χ3n) is 3.56. The van der Waals surface area contributed by atoms with Crippen molar-refractivity contribution in [1.82, 2.24) is 10.2 Å². The molecule has 1 aromatic rings. The Morgan fingerprint density at radius 1 is 1.52 bits per heavy atom. The van der Waals surface area contributed by atoms with E-state index >= 15 is 0 Å². The van der Waals surface area contributed by atoms with Crippen LogP contribution in [0.3, 0.4) is 0 Å². The Kier molecular flexibility index (Phi) is 5.65. The SMILES string of the molecule is C#CCN=C(NCC)N1CCOC(c2ccccc2C)C1. The lowest BCUT2D eigenvalue weighted by molar-refractivity contribution is -0.00830. The van der Waals surface area contributed by atoms with Crippen molar-refractivity contribution in [3.63, 3.8) is 0 Å². The molecule has 1 heterocycles. The van der Waals surface area contributed by atoms with Crippen LogP contribution in [-0.2, 0) is 4.74 Å². The summed E-state index contributed by atoms with van der Waals surface area (Å²) in [4.78, 5) is 6.67. The predicted octanol–water partition coefficient (Wildman–Crippen LogP) is 1.97. The topological polar surface area (TPSA) is 36.9 Å². The lowest BCUT2D eigenvalue weighted by Gasteiger charge is -2.35. The average molecular weight is 285 g/mol. The van der Waals surface area contributed by atoms with Crippen LogP contribution >= 0.6 is 0 Å². The number of guanidine groups is 1. The molecule has 1 aromatic carbocycles. The highest BCUT2D eigenvalue weighted by molar-refractivity contribution is 5.80. The third kappa shape index (κ3) is 3.99. The zero-order chi connectivity index (χ0) is 15.1. The number of ether oxygens (including phenoxy) is 1. The molecular formula is C17H23N3O. The van der Waals surface area contributed by atoms with Gasteiger partial charge in [-0.1, -0.05) is 30.2 Å². The van der Waals surface area contributed by atoms with E-state index < -0.39 is 0 Å². The Morgan fingerprint density at radius 3 is 3.05 bits per heavy atom. The Balaban J connectivity index is 2.13. The van der Waals surface area contributed by atoms with Crippen LogP contribution in [0.15, 0.2) is 29.3 Å². The number of terminal acetylenes is 1. The second kappa shape index (κ2) is 7.70. The molecule has 1 atom stereocenters. The molecule has 1 saturated heterocycles. The summed E-state index contributed by atoms with van der Waals surface area (Å²) in [5.41, 5.74) is 2.50. The van der Waals surface area contributed by atoms with Gasteiger partial charge in [-0.15, -0.1) is 6.42 Å². The van der Waals surface area contributed by atoms with Crippen LogP contribution in [0.5, 0.6) is 0 Å². The molecule has 2 rings (SSSR count). The Bertz CT molecular complexity index is 533. The summed E-state index contributed by atoms with van der Waals surface area (Å²) < 4.78 is 5.94. The standard InChI is InChI=1S/C17H23N3O/c1-4-10-19-17(18-5-2)20-11-12-21-16(13-20)15-9-7-6-8-14(15)3/h1,6-9,16H,5,10-13H2,2-3H3,(H,18,19). The fourth-order valence-corrected chi connectivity index (χ4v) is 2.52. The van der Waals surface area contributed by atoms with E-state index in [2.05, 4.69) is 59.2 Å². The first-order valence-corrected chi connectivity index (χ1v) is 7.40. The van der Waals surface area contributed by atoms with Gasteiger partial charge in [-0.2, -0.15) is 0 Å². The van der Waals surface area contributed by atoms with Crippen molar-refractivity contribution in [2.24, 2.45) is 4.99 Å². The van der Waals surface area contributed by atoms with Gasteiger partial charge in [0.15, 0.2) is 5.96 Å². The summed E-state index contributed by atoms with van der Waals surface area (Å²) in [6, 6.07) is 8.37. The molecule has 0 radical (unpaired) electrons. The first-order chi connectivity index (χ1) is 10.3. The van der Waals surface area contributed by atoms with Gasteiger partial charge in [0.1, 0.15) is 12.6 Å². The molecule has 0 bridgehead atoms. The molecule has 0 spiro atoms. The van der Waals surface area contributed by atoms with Crippen LogP contribution in [0.2, 0.25) is 0 Å². The van der Waals surface area contributed by atoms with E-state index in [4.69, 9.17) is 11.2 Å². The van der Waals surface area contributed by atoms with Gasteiger partial charge in [0.05, 0.1) is 13.2 Å². The summed E-state index contributed by atoms with van der Waals surface area (Å²) in [6.45, 7) is 7.73. The second-order valence-corrected chi connectivity index (χ2v) is 5.04. The van der Waals surface area contributed by atoms with Crippen LogP contribution < -0.4 is 5.32 Å². The van der Waals surface area contributed by atoms with E-state index in [-0.39, 0.29) is 6.10 Å². The normalized spacial score (nSPS) is 19.2. The van der Waals surface area contributed by atoms with Gasteiger partial charge < -0.3 is 15.0 Å². The highest BCUT2D eigenvalue weighted by Crippen LogP contribution is 2.24. The predicted molar refractivity (Wildman–Crippen MR) is 86.3 cm³/mol. The molecule has 1 N–H and O–H groups in total. The van der Waals surface area contributed by atoms with E-state index in [1.165, 1.54) is 11.1 Å². The first kappa shape index (κ1) is 15.4. The van der Waals surface area contributed by atoms with Gasteiger partial charge in [-0.25, -0.2) is 4.99 Å². The Hall–Kier alpha value is -1.99. The van der Waals surface area contributed by atoms with Crippen molar-refractivity contribution >= 4 is 5.96 Å². The van der Waals surface area contributed by atoms with E-state index in [1.807, 2.05) is 0 Å². The number of rotatable bonds is 3. The third-order valence-corrected chi connectivity index (χ3v) is 3.56. The quantitative estimate of drug-likeness (QED) is 0.524. The lowest BCUT2D eigenvalue weighted by atomic mass is 10.0. The van der Waals surface area contributed by atoms with Gasteiger partial charge in [0, 0.05) is 13.1 Å². The zero-order valence-electron chi connectivity index (χ0n) is 12.8. The average Bonchev–Trinajstić information content (AvgIpc) is 2.52. The number of aliphatic imine (C=N–C) groups is 1. The number of aryl methyl sites for hydroxylation is 1.